The summed E-state index contributed by atoms with van der Waals surface area (Å²) in [7, 11) is 0. The molecule has 3 heteroatoms. The summed E-state index contributed by atoms with van der Waals surface area (Å²) in [6.45, 7) is 4.24. The normalized spacial score (nSPS) is 10.8. The predicted octanol–water partition coefficient (Wildman–Crippen LogP) is 2.53. The molecule has 88 valence electrons. The van der Waals surface area contributed by atoms with E-state index < -0.39 is 0 Å². The smallest absolute Gasteiger partial charge is 0.246 e. The summed E-state index contributed by atoms with van der Waals surface area (Å²) in [5, 5.41) is 11.6. The lowest BCUT2D eigenvalue weighted by molar-refractivity contribution is -0.117. The van der Waals surface area contributed by atoms with Crippen LogP contribution in [-0.4, -0.2) is 5.91 Å². The number of benzene rings is 1. The van der Waals surface area contributed by atoms with Gasteiger partial charge in [0, 0.05) is 12.1 Å². The number of carbonyl (C=O) groups excluding carboxylic acids is 1. The highest BCUT2D eigenvalue weighted by Crippen LogP contribution is 2.04. The first-order valence-corrected chi connectivity index (χ1v) is 5.61. The molecule has 0 aliphatic carbocycles. The van der Waals surface area contributed by atoms with Crippen molar-refractivity contribution in [3.05, 3.63) is 47.0 Å². The number of allylic oxidation sites excluding steroid dienone is 1. The van der Waals surface area contributed by atoms with E-state index in [-0.39, 0.29) is 5.91 Å². The van der Waals surface area contributed by atoms with Crippen LogP contribution in [0.25, 0.3) is 0 Å². The SMILES string of the molecule is CC/C=C(\C)C(=O)NCc1cccc(C#N)c1. The van der Waals surface area contributed by atoms with Gasteiger partial charge in [-0.25, -0.2) is 0 Å². The van der Waals surface area contributed by atoms with E-state index in [1.54, 1.807) is 19.1 Å². The summed E-state index contributed by atoms with van der Waals surface area (Å²) in [5.41, 5.74) is 2.27. The topological polar surface area (TPSA) is 52.9 Å². The zero-order chi connectivity index (χ0) is 12.7. The second kappa shape index (κ2) is 6.49. The summed E-state index contributed by atoms with van der Waals surface area (Å²) in [6, 6.07) is 9.30. The van der Waals surface area contributed by atoms with E-state index in [4.69, 9.17) is 5.26 Å². The van der Waals surface area contributed by atoms with Crippen molar-refractivity contribution >= 4 is 5.91 Å². The quantitative estimate of drug-likeness (QED) is 0.805. The van der Waals surface area contributed by atoms with Crippen LogP contribution in [0.3, 0.4) is 0 Å². The molecule has 0 aliphatic heterocycles. The maximum Gasteiger partial charge on any atom is 0.246 e. The van der Waals surface area contributed by atoms with Gasteiger partial charge in [-0.15, -0.1) is 0 Å². The van der Waals surface area contributed by atoms with Crippen LogP contribution in [0.15, 0.2) is 35.9 Å². The summed E-state index contributed by atoms with van der Waals surface area (Å²) in [5.74, 6) is -0.0609. The molecule has 17 heavy (non-hydrogen) atoms. The van der Waals surface area contributed by atoms with Gasteiger partial charge in [-0.2, -0.15) is 5.26 Å². The van der Waals surface area contributed by atoms with Crippen LogP contribution in [-0.2, 0) is 11.3 Å². The lowest BCUT2D eigenvalue weighted by atomic mass is 10.1. The average Bonchev–Trinajstić information content (AvgIpc) is 2.36. The maximum atomic E-state index is 11.6. The summed E-state index contributed by atoms with van der Waals surface area (Å²) in [6.07, 6.45) is 2.74. The number of carbonyl (C=O) groups is 1. The number of nitrogens with zero attached hydrogens (tertiary/aromatic N) is 1. The molecule has 1 N–H and O–H groups in total. The van der Waals surface area contributed by atoms with Crippen LogP contribution in [0.1, 0.15) is 31.4 Å². The van der Waals surface area contributed by atoms with Gasteiger partial charge in [-0.05, 0) is 31.0 Å². The van der Waals surface area contributed by atoms with Gasteiger partial charge in [-0.1, -0.05) is 25.1 Å². The van der Waals surface area contributed by atoms with Crippen molar-refractivity contribution in [2.24, 2.45) is 0 Å². The van der Waals surface area contributed by atoms with Gasteiger partial charge < -0.3 is 5.32 Å². The Labute approximate surface area is 102 Å². The molecule has 0 atom stereocenters. The Bertz CT molecular complexity index is 469. The van der Waals surface area contributed by atoms with Crippen molar-refractivity contribution in [3.8, 4) is 6.07 Å². The van der Waals surface area contributed by atoms with Gasteiger partial charge in [0.1, 0.15) is 0 Å². The fourth-order valence-electron chi connectivity index (χ4n) is 1.47. The van der Waals surface area contributed by atoms with Crippen molar-refractivity contribution in [2.45, 2.75) is 26.8 Å². The highest BCUT2D eigenvalue weighted by molar-refractivity contribution is 5.92. The average molecular weight is 228 g/mol. The van der Waals surface area contributed by atoms with Crippen LogP contribution in [0, 0.1) is 11.3 Å². The van der Waals surface area contributed by atoms with E-state index in [9.17, 15) is 4.79 Å². The molecule has 3 nitrogen and oxygen atoms in total. The van der Waals surface area contributed by atoms with Gasteiger partial charge in [-0.3, -0.25) is 4.79 Å². The third kappa shape index (κ3) is 4.12. The van der Waals surface area contributed by atoms with E-state index in [1.807, 2.05) is 25.1 Å². The van der Waals surface area contributed by atoms with Gasteiger partial charge in [0.15, 0.2) is 0 Å². The Morgan fingerprint density at radius 3 is 2.94 bits per heavy atom. The molecule has 1 amide bonds. The monoisotopic (exact) mass is 228 g/mol. The first-order chi connectivity index (χ1) is 8.17. The predicted molar refractivity (Wildman–Crippen MR) is 67.1 cm³/mol. The molecule has 1 rings (SSSR count). The maximum absolute atomic E-state index is 11.6. The fraction of sp³-hybridized carbons (Fsp3) is 0.286. The molecule has 0 bridgehead atoms. The van der Waals surface area contributed by atoms with Crippen molar-refractivity contribution in [1.29, 1.82) is 5.26 Å². The van der Waals surface area contributed by atoms with Gasteiger partial charge >= 0.3 is 0 Å². The van der Waals surface area contributed by atoms with Crippen LogP contribution in [0.4, 0.5) is 0 Å². The van der Waals surface area contributed by atoms with E-state index in [0.29, 0.717) is 12.1 Å². The molecular formula is C14H16N2O. The van der Waals surface area contributed by atoms with Crippen LogP contribution in [0.5, 0.6) is 0 Å². The fourth-order valence-corrected chi connectivity index (χ4v) is 1.47. The Kier molecular flexibility index (Phi) is 4.96. The minimum Gasteiger partial charge on any atom is -0.348 e. The highest BCUT2D eigenvalue weighted by atomic mass is 16.1. The van der Waals surface area contributed by atoms with Crippen LogP contribution >= 0.6 is 0 Å². The molecule has 1 aromatic carbocycles. The summed E-state index contributed by atoms with van der Waals surface area (Å²) < 4.78 is 0. The summed E-state index contributed by atoms with van der Waals surface area (Å²) in [4.78, 5) is 11.6. The lowest BCUT2D eigenvalue weighted by Crippen LogP contribution is -2.23. The van der Waals surface area contributed by atoms with Crippen LogP contribution < -0.4 is 5.32 Å². The summed E-state index contributed by atoms with van der Waals surface area (Å²) >= 11 is 0. The number of rotatable bonds is 4. The van der Waals surface area contributed by atoms with E-state index in [0.717, 1.165) is 17.6 Å². The zero-order valence-electron chi connectivity index (χ0n) is 10.2. The molecule has 0 heterocycles. The number of amides is 1. The molecule has 0 unspecified atom stereocenters. The largest absolute Gasteiger partial charge is 0.348 e. The molecule has 0 fully saturated rings. The second-order valence-corrected chi connectivity index (χ2v) is 3.79. The highest BCUT2D eigenvalue weighted by Gasteiger charge is 2.03. The van der Waals surface area contributed by atoms with Crippen molar-refractivity contribution in [2.75, 3.05) is 0 Å². The number of nitrogens with one attached hydrogen (secondary N) is 1. The van der Waals surface area contributed by atoms with Crippen molar-refractivity contribution in [3.63, 3.8) is 0 Å². The minimum absolute atomic E-state index is 0.0609. The Morgan fingerprint density at radius 2 is 2.29 bits per heavy atom. The van der Waals surface area contributed by atoms with Crippen molar-refractivity contribution in [1.82, 2.24) is 5.32 Å². The third-order valence-corrected chi connectivity index (χ3v) is 2.38. The minimum atomic E-state index is -0.0609. The number of hydrogen-bond acceptors (Lipinski definition) is 2. The Balaban J connectivity index is 2.59. The molecule has 0 saturated carbocycles. The first-order valence-electron chi connectivity index (χ1n) is 5.61. The molecule has 0 saturated heterocycles. The van der Waals surface area contributed by atoms with Gasteiger partial charge in [0.05, 0.1) is 11.6 Å². The Morgan fingerprint density at radius 1 is 1.53 bits per heavy atom. The number of nitriles is 1. The second-order valence-electron chi connectivity index (χ2n) is 3.79. The lowest BCUT2D eigenvalue weighted by Gasteiger charge is -2.05. The molecule has 0 spiro atoms. The molecule has 0 aromatic heterocycles. The van der Waals surface area contributed by atoms with E-state index >= 15 is 0 Å². The molecule has 1 aromatic rings. The van der Waals surface area contributed by atoms with Crippen LogP contribution in [0.2, 0.25) is 0 Å². The molecular weight excluding hydrogens is 212 g/mol. The molecule has 0 radical (unpaired) electrons. The van der Waals surface area contributed by atoms with Crippen molar-refractivity contribution < 1.29 is 4.79 Å². The van der Waals surface area contributed by atoms with Gasteiger partial charge in [0.25, 0.3) is 0 Å². The van der Waals surface area contributed by atoms with E-state index in [2.05, 4.69) is 11.4 Å². The first kappa shape index (κ1) is 13.0. The zero-order valence-corrected chi connectivity index (χ0v) is 10.2. The Hall–Kier alpha value is -2.08. The third-order valence-electron chi connectivity index (χ3n) is 2.38. The number of hydrogen-bond donors (Lipinski definition) is 1. The molecule has 0 aliphatic rings. The van der Waals surface area contributed by atoms with E-state index in [1.165, 1.54) is 0 Å². The van der Waals surface area contributed by atoms with Gasteiger partial charge in [0.2, 0.25) is 5.91 Å². The standard InChI is InChI=1S/C14H16N2O/c1-3-5-11(2)14(17)16-10-13-7-4-6-12(8-13)9-15/h4-8H,3,10H2,1-2H3,(H,16,17)/b11-5+.